The number of methoxy groups -OCH3 is 2. The van der Waals surface area contributed by atoms with E-state index in [4.69, 9.17) is 9.47 Å². The maximum Gasteiger partial charge on any atom is 0.333 e. The number of ether oxygens (including phenoxy) is 2. The van der Waals surface area contributed by atoms with E-state index < -0.39 is 15.1 Å². The van der Waals surface area contributed by atoms with Crippen LogP contribution in [-0.4, -0.2) is 27.6 Å². The van der Waals surface area contributed by atoms with Gasteiger partial charge in [-0.05, 0) is 0 Å². The molecule has 0 atom stereocenters. The highest BCUT2D eigenvalue weighted by molar-refractivity contribution is 7.86. The van der Waals surface area contributed by atoms with Crippen molar-refractivity contribution in [1.82, 2.24) is 4.98 Å². The van der Waals surface area contributed by atoms with Crippen LogP contribution in [0.4, 0.5) is 3.89 Å². The van der Waals surface area contributed by atoms with Gasteiger partial charge < -0.3 is 9.47 Å². The third-order valence-electron chi connectivity index (χ3n) is 1.49. The third kappa shape index (κ3) is 2.11. The van der Waals surface area contributed by atoms with Crippen LogP contribution in [0.3, 0.4) is 0 Å². The summed E-state index contributed by atoms with van der Waals surface area (Å²) in [4.78, 5) is 3.01. The topological polar surface area (TPSA) is 65.5 Å². The molecule has 0 saturated carbocycles. The van der Waals surface area contributed by atoms with Crippen LogP contribution in [0.25, 0.3) is 0 Å². The SMILES string of the molecule is COc1cc(S(=O)(=O)F)cnc1OC. The molecule has 1 heterocycles. The average molecular weight is 221 g/mol. The standard InChI is InChI=1S/C7H8FNO4S/c1-12-6-3-5(14(8,10)11)4-9-7(6)13-2/h3-4H,1-2H3. The average Bonchev–Trinajstić information content (AvgIpc) is 2.15. The Morgan fingerprint density at radius 2 is 2.00 bits per heavy atom. The zero-order chi connectivity index (χ0) is 10.8. The highest BCUT2D eigenvalue weighted by atomic mass is 32.3. The molecule has 0 aliphatic heterocycles. The predicted octanol–water partition coefficient (Wildman–Crippen LogP) is 0.757. The summed E-state index contributed by atoms with van der Waals surface area (Å²) in [6.07, 6.45) is 0.858. The van der Waals surface area contributed by atoms with E-state index in [-0.39, 0.29) is 11.6 Å². The fraction of sp³-hybridized carbons (Fsp3) is 0.286. The van der Waals surface area contributed by atoms with Crippen LogP contribution in [-0.2, 0) is 10.2 Å². The molecule has 0 fully saturated rings. The van der Waals surface area contributed by atoms with Crippen molar-refractivity contribution in [1.29, 1.82) is 0 Å². The van der Waals surface area contributed by atoms with Crippen molar-refractivity contribution in [3.05, 3.63) is 12.3 Å². The number of hydrogen-bond acceptors (Lipinski definition) is 5. The van der Waals surface area contributed by atoms with E-state index in [1.165, 1.54) is 14.2 Å². The van der Waals surface area contributed by atoms with Crippen molar-refractivity contribution in [2.75, 3.05) is 14.2 Å². The highest BCUT2D eigenvalue weighted by Gasteiger charge is 2.16. The van der Waals surface area contributed by atoms with E-state index in [1.54, 1.807) is 0 Å². The quantitative estimate of drug-likeness (QED) is 0.705. The summed E-state index contributed by atoms with van der Waals surface area (Å²) in [6, 6.07) is 1.00. The summed E-state index contributed by atoms with van der Waals surface area (Å²) in [7, 11) is -2.12. The van der Waals surface area contributed by atoms with E-state index in [0.717, 1.165) is 12.3 Å². The molecule has 0 N–H and O–H groups in total. The van der Waals surface area contributed by atoms with E-state index in [9.17, 15) is 12.3 Å². The van der Waals surface area contributed by atoms with Crippen molar-refractivity contribution >= 4 is 10.2 Å². The number of halogens is 1. The molecule has 0 unspecified atom stereocenters. The molecule has 1 aromatic rings. The first-order valence-electron chi connectivity index (χ1n) is 3.51. The van der Waals surface area contributed by atoms with Gasteiger partial charge in [0.25, 0.3) is 5.88 Å². The van der Waals surface area contributed by atoms with Crippen LogP contribution in [0.2, 0.25) is 0 Å². The molecular formula is C7H8FNO4S. The summed E-state index contributed by atoms with van der Waals surface area (Å²) in [6.45, 7) is 0. The largest absolute Gasteiger partial charge is 0.491 e. The van der Waals surface area contributed by atoms with Gasteiger partial charge in [0.05, 0.1) is 20.4 Å². The zero-order valence-corrected chi connectivity index (χ0v) is 8.34. The molecule has 0 amide bonds. The Labute approximate surface area is 80.7 Å². The molecule has 0 aliphatic carbocycles. The van der Waals surface area contributed by atoms with Crippen LogP contribution >= 0.6 is 0 Å². The van der Waals surface area contributed by atoms with Crippen molar-refractivity contribution in [3.63, 3.8) is 0 Å². The maximum atomic E-state index is 12.5. The zero-order valence-electron chi connectivity index (χ0n) is 7.52. The molecule has 5 nitrogen and oxygen atoms in total. The second kappa shape index (κ2) is 3.79. The van der Waals surface area contributed by atoms with Gasteiger partial charge in [-0.15, -0.1) is 3.89 Å². The molecule has 14 heavy (non-hydrogen) atoms. The number of pyridine rings is 1. The minimum atomic E-state index is -4.76. The summed E-state index contributed by atoms with van der Waals surface area (Å²) in [5, 5.41) is 0. The van der Waals surface area contributed by atoms with Gasteiger partial charge >= 0.3 is 10.2 Å². The summed E-state index contributed by atoms with van der Waals surface area (Å²) < 4.78 is 43.0. The Bertz CT molecular complexity index is 431. The number of nitrogens with zero attached hydrogens (tertiary/aromatic N) is 1. The molecule has 0 aromatic carbocycles. The Morgan fingerprint density at radius 1 is 1.36 bits per heavy atom. The smallest absolute Gasteiger partial charge is 0.333 e. The van der Waals surface area contributed by atoms with E-state index >= 15 is 0 Å². The van der Waals surface area contributed by atoms with Gasteiger partial charge in [0.2, 0.25) is 0 Å². The first kappa shape index (κ1) is 10.7. The van der Waals surface area contributed by atoms with E-state index in [0.29, 0.717) is 0 Å². The van der Waals surface area contributed by atoms with Crippen molar-refractivity contribution in [2.45, 2.75) is 4.90 Å². The highest BCUT2D eigenvalue weighted by Crippen LogP contribution is 2.26. The predicted molar refractivity (Wildman–Crippen MR) is 45.6 cm³/mol. The fourth-order valence-corrected chi connectivity index (χ4v) is 1.27. The normalized spacial score (nSPS) is 11.1. The van der Waals surface area contributed by atoms with Crippen LogP contribution < -0.4 is 9.47 Å². The Morgan fingerprint density at radius 3 is 2.43 bits per heavy atom. The van der Waals surface area contributed by atoms with Crippen LogP contribution in [0.1, 0.15) is 0 Å². The molecule has 1 aromatic heterocycles. The molecule has 0 radical (unpaired) electrons. The Kier molecular flexibility index (Phi) is 2.90. The molecule has 0 bridgehead atoms. The molecular weight excluding hydrogens is 213 g/mol. The first-order chi connectivity index (χ1) is 6.49. The number of rotatable bonds is 3. The molecule has 1 rings (SSSR count). The lowest BCUT2D eigenvalue weighted by Gasteiger charge is -2.05. The van der Waals surface area contributed by atoms with E-state index in [2.05, 4.69) is 4.98 Å². The van der Waals surface area contributed by atoms with Gasteiger partial charge in [-0.3, -0.25) is 0 Å². The third-order valence-corrected chi connectivity index (χ3v) is 2.27. The van der Waals surface area contributed by atoms with Crippen molar-refractivity contribution < 1.29 is 21.8 Å². The molecule has 0 spiro atoms. The number of hydrogen-bond donors (Lipinski definition) is 0. The van der Waals surface area contributed by atoms with Gasteiger partial charge in [0.1, 0.15) is 4.90 Å². The van der Waals surface area contributed by atoms with Gasteiger partial charge in [0.15, 0.2) is 5.75 Å². The minimum Gasteiger partial charge on any atom is -0.491 e. The van der Waals surface area contributed by atoms with Crippen LogP contribution in [0.15, 0.2) is 17.2 Å². The molecule has 7 heteroatoms. The fourth-order valence-electron chi connectivity index (χ4n) is 0.847. The van der Waals surface area contributed by atoms with E-state index in [1.807, 2.05) is 0 Å². The first-order valence-corrected chi connectivity index (χ1v) is 4.90. The molecule has 0 saturated heterocycles. The Balaban J connectivity index is 3.28. The lowest BCUT2D eigenvalue weighted by Crippen LogP contribution is -1.98. The Hall–Kier alpha value is -1.37. The van der Waals surface area contributed by atoms with Gasteiger partial charge in [-0.2, -0.15) is 8.42 Å². The summed E-state index contributed by atoms with van der Waals surface area (Å²) in [5.41, 5.74) is 0. The molecule has 78 valence electrons. The van der Waals surface area contributed by atoms with Crippen LogP contribution in [0.5, 0.6) is 11.6 Å². The van der Waals surface area contributed by atoms with Crippen LogP contribution in [0, 0.1) is 0 Å². The second-order valence-electron chi connectivity index (χ2n) is 2.32. The monoisotopic (exact) mass is 221 g/mol. The van der Waals surface area contributed by atoms with Gasteiger partial charge in [0, 0.05) is 6.07 Å². The van der Waals surface area contributed by atoms with Crippen molar-refractivity contribution in [3.8, 4) is 11.6 Å². The number of aromatic nitrogens is 1. The van der Waals surface area contributed by atoms with Gasteiger partial charge in [-0.1, -0.05) is 0 Å². The lowest BCUT2D eigenvalue weighted by molar-refractivity contribution is 0.341. The molecule has 0 aliphatic rings. The maximum absolute atomic E-state index is 12.5. The summed E-state index contributed by atoms with van der Waals surface area (Å²) >= 11 is 0. The van der Waals surface area contributed by atoms with Crippen molar-refractivity contribution in [2.24, 2.45) is 0 Å². The summed E-state index contributed by atoms with van der Waals surface area (Å²) in [5.74, 6) is 0.158. The lowest BCUT2D eigenvalue weighted by atomic mass is 10.4. The van der Waals surface area contributed by atoms with Gasteiger partial charge in [-0.25, -0.2) is 4.98 Å². The minimum absolute atomic E-state index is 0.0613. The second-order valence-corrected chi connectivity index (χ2v) is 3.67.